The van der Waals surface area contributed by atoms with Gasteiger partial charge in [-0.25, -0.2) is 4.79 Å². The van der Waals surface area contributed by atoms with Gasteiger partial charge in [0.15, 0.2) is 0 Å². The molecule has 3 rings (SSSR count). The number of phenols is 1. The summed E-state index contributed by atoms with van der Waals surface area (Å²) in [5.41, 5.74) is 0.955. The molecule has 1 aromatic rings. The number of halogens is 1. The number of hydrogen-bond donors (Lipinski definition) is 2. The van der Waals surface area contributed by atoms with Crippen LogP contribution in [0.4, 0.5) is 0 Å². The van der Waals surface area contributed by atoms with Crippen LogP contribution in [0.3, 0.4) is 0 Å². The summed E-state index contributed by atoms with van der Waals surface area (Å²) in [5.74, 6) is -0.989. The lowest BCUT2D eigenvalue weighted by Crippen LogP contribution is -2.42. The first-order valence-corrected chi connectivity index (χ1v) is 8.87. The van der Waals surface area contributed by atoms with Gasteiger partial charge < -0.3 is 15.1 Å². The Morgan fingerprint density at radius 1 is 1.32 bits per heavy atom. The molecule has 1 spiro atoms. The summed E-state index contributed by atoms with van der Waals surface area (Å²) in [7, 11) is 0. The first kappa shape index (κ1) is 18.0. The molecule has 1 atom stereocenters. The fraction of sp³-hybridized carbons (Fsp3) is 0.556. The molecule has 2 saturated heterocycles. The molecule has 136 valence electrons. The predicted molar refractivity (Wildman–Crippen MR) is 93.5 cm³/mol. The van der Waals surface area contributed by atoms with Gasteiger partial charge in [0.2, 0.25) is 5.91 Å². The number of carboxylic acid groups (broad SMARTS) is 1. The van der Waals surface area contributed by atoms with E-state index in [1.54, 1.807) is 12.1 Å². The third-order valence-electron chi connectivity index (χ3n) is 5.53. The maximum Gasteiger partial charge on any atom is 0.326 e. The van der Waals surface area contributed by atoms with E-state index in [0.717, 1.165) is 38.0 Å². The Bertz CT molecular complexity index is 662. The molecule has 2 aliphatic heterocycles. The molecule has 0 aromatic heterocycles. The number of phenolic OH excluding ortho intramolecular Hbond substituents is 1. The SMILES string of the molecule is CC(=O)N1CC2(CCN(Cc3ccc(O)c(Cl)c3)CC2)C[C@@H]1C(=O)O. The molecule has 2 heterocycles. The quantitative estimate of drug-likeness (QED) is 0.858. The van der Waals surface area contributed by atoms with Crippen LogP contribution in [0, 0.1) is 5.41 Å². The number of hydrogen-bond acceptors (Lipinski definition) is 4. The van der Waals surface area contributed by atoms with Crippen molar-refractivity contribution in [2.45, 2.75) is 38.8 Å². The average molecular weight is 367 g/mol. The minimum atomic E-state index is -0.909. The molecule has 0 aliphatic carbocycles. The standard InChI is InChI=1S/C18H23ClN2O4/c1-12(22)21-11-18(9-15(21)17(24)25)4-6-20(7-5-18)10-13-2-3-16(23)14(19)8-13/h2-3,8,15,23H,4-7,9-11H2,1H3,(H,24,25)/t15-/m1/s1. The van der Waals surface area contributed by atoms with Crippen molar-refractivity contribution in [3.05, 3.63) is 28.8 Å². The fourth-order valence-corrected chi connectivity index (χ4v) is 4.27. The third-order valence-corrected chi connectivity index (χ3v) is 5.84. The number of benzene rings is 1. The van der Waals surface area contributed by atoms with Crippen molar-refractivity contribution < 1.29 is 19.8 Å². The van der Waals surface area contributed by atoms with E-state index in [1.807, 2.05) is 6.07 Å². The number of likely N-dealkylation sites (tertiary alicyclic amines) is 2. The summed E-state index contributed by atoms with van der Waals surface area (Å²) in [6.07, 6.45) is 2.31. The third kappa shape index (κ3) is 3.75. The first-order chi connectivity index (χ1) is 11.8. The molecule has 0 unspecified atom stereocenters. The van der Waals surface area contributed by atoms with Crippen LogP contribution in [0.1, 0.15) is 31.7 Å². The molecule has 2 aliphatic rings. The van der Waals surface area contributed by atoms with Crippen molar-refractivity contribution in [1.29, 1.82) is 0 Å². The number of carboxylic acids is 1. The van der Waals surface area contributed by atoms with E-state index in [-0.39, 0.29) is 17.1 Å². The van der Waals surface area contributed by atoms with Gasteiger partial charge >= 0.3 is 5.97 Å². The molecule has 2 N–H and O–H groups in total. The van der Waals surface area contributed by atoms with Crippen LogP contribution >= 0.6 is 11.6 Å². The van der Waals surface area contributed by atoms with Crippen LogP contribution in [-0.2, 0) is 16.1 Å². The van der Waals surface area contributed by atoms with Gasteiger partial charge in [0, 0.05) is 20.0 Å². The van der Waals surface area contributed by atoms with Crippen molar-refractivity contribution >= 4 is 23.5 Å². The number of carbonyl (C=O) groups is 2. The van der Waals surface area contributed by atoms with Crippen molar-refractivity contribution in [3.8, 4) is 5.75 Å². The molecule has 1 amide bonds. The number of carbonyl (C=O) groups excluding carboxylic acids is 1. The highest BCUT2D eigenvalue weighted by atomic mass is 35.5. The van der Waals surface area contributed by atoms with Gasteiger partial charge in [-0.15, -0.1) is 0 Å². The molecule has 7 heteroatoms. The van der Waals surface area contributed by atoms with E-state index in [4.69, 9.17) is 11.6 Å². The number of aromatic hydroxyl groups is 1. The zero-order chi connectivity index (χ0) is 18.2. The van der Waals surface area contributed by atoms with E-state index >= 15 is 0 Å². The van der Waals surface area contributed by atoms with Gasteiger partial charge in [-0.1, -0.05) is 17.7 Å². The maximum absolute atomic E-state index is 11.8. The van der Waals surface area contributed by atoms with Crippen LogP contribution in [-0.4, -0.2) is 57.6 Å². The highest BCUT2D eigenvalue weighted by Crippen LogP contribution is 2.43. The number of nitrogens with zero attached hydrogens (tertiary/aromatic N) is 2. The molecule has 0 bridgehead atoms. The normalized spacial score (nSPS) is 23.1. The smallest absolute Gasteiger partial charge is 0.326 e. The summed E-state index contributed by atoms with van der Waals surface area (Å²) in [4.78, 5) is 27.1. The molecule has 0 radical (unpaired) electrons. The summed E-state index contributed by atoms with van der Waals surface area (Å²) in [6, 6.07) is 4.54. The minimum Gasteiger partial charge on any atom is -0.506 e. The number of piperidine rings is 1. The lowest BCUT2D eigenvalue weighted by molar-refractivity contribution is -0.147. The van der Waals surface area contributed by atoms with E-state index in [0.29, 0.717) is 18.0 Å². The molecular weight excluding hydrogens is 344 g/mol. The van der Waals surface area contributed by atoms with Gasteiger partial charge in [0.25, 0.3) is 0 Å². The Labute approximate surface area is 152 Å². The van der Waals surface area contributed by atoms with Gasteiger partial charge in [-0.3, -0.25) is 9.69 Å². The Morgan fingerprint density at radius 3 is 2.52 bits per heavy atom. The second-order valence-electron chi connectivity index (χ2n) is 7.27. The topological polar surface area (TPSA) is 81.1 Å². The highest BCUT2D eigenvalue weighted by Gasteiger charge is 2.48. The lowest BCUT2D eigenvalue weighted by atomic mass is 9.76. The van der Waals surface area contributed by atoms with Crippen molar-refractivity contribution in [1.82, 2.24) is 9.80 Å². The van der Waals surface area contributed by atoms with Crippen LogP contribution in [0.15, 0.2) is 18.2 Å². The van der Waals surface area contributed by atoms with Crippen molar-refractivity contribution in [2.75, 3.05) is 19.6 Å². The summed E-state index contributed by atoms with van der Waals surface area (Å²) in [5, 5.41) is 19.3. The fourth-order valence-electron chi connectivity index (χ4n) is 4.06. The second-order valence-corrected chi connectivity index (χ2v) is 7.67. The largest absolute Gasteiger partial charge is 0.506 e. The molecule has 2 fully saturated rings. The Hall–Kier alpha value is -1.79. The van der Waals surface area contributed by atoms with E-state index in [2.05, 4.69) is 4.90 Å². The predicted octanol–water partition coefficient (Wildman–Crippen LogP) is 2.33. The van der Waals surface area contributed by atoms with Crippen LogP contribution in [0.25, 0.3) is 0 Å². The average Bonchev–Trinajstić information content (AvgIpc) is 2.94. The van der Waals surface area contributed by atoms with E-state index in [9.17, 15) is 19.8 Å². The van der Waals surface area contributed by atoms with Crippen molar-refractivity contribution in [3.63, 3.8) is 0 Å². The van der Waals surface area contributed by atoms with Gasteiger partial charge in [-0.2, -0.15) is 0 Å². The second kappa shape index (κ2) is 6.84. The molecule has 0 saturated carbocycles. The Balaban J connectivity index is 1.62. The van der Waals surface area contributed by atoms with Crippen LogP contribution < -0.4 is 0 Å². The van der Waals surface area contributed by atoms with Gasteiger partial charge in [-0.05, 0) is 55.5 Å². The molecule has 25 heavy (non-hydrogen) atoms. The lowest BCUT2D eigenvalue weighted by Gasteiger charge is -2.39. The van der Waals surface area contributed by atoms with Crippen LogP contribution in [0.5, 0.6) is 5.75 Å². The number of amides is 1. The first-order valence-electron chi connectivity index (χ1n) is 8.49. The zero-order valence-electron chi connectivity index (χ0n) is 14.2. The molecular formula is C18H23ClN2O4. The number of rotatable bonds is 3. The monoisotopic (exact) mass is 366 g/mol. The number of aliphatic carboxylic acids is 1. The Morgan fingerprint density at radius 2 is 2.00 bits per heavy atom. The van der Waals surface area contributed by atoms with Crippen molar-refractivity contribution in [2.24, 2.45) is 5.41 Å². The summed E-state index contributed by atoms with van der Waals surface area (Å²) in [6.45, 7) is 4.44. The zero-order valence-corrected chi connectivity index (χ0v) is 15.0. The van der Waals surface area contributed by atoms with Gasteiger partial charge in [0.1, 0.15) is 11.8 Å². The Kier molecular flexibility index (Phi) is 4.93. The van der Waals surface area contributed by atoms with E-state index in [1.165, 1.54) is 11.8 Å². The summed E-state index contributed by atoms with van der Waals surface area (Å²) >= 11 is 5.96. The summed E-state index contributed by atoms with van der Waals surface area (Å²) < 4.78 is 0. The van der Waals surface area contributed by atoms with Gasteiger partial charge in [0.05, 0.1) is 5.02 Å². The van der Waals surface area contributed by atoms with E-state index < -0.39 is 12.0 Å². The van der Waals surface area contributed by atoms with Crippen LogP contribution in [0.2, 0.25) is 5.02 Å². The molecule has 1 aromatic carbocycles. The maximum atomic E-state index is 11.8. The molecule has 6 nitrogen and oxygen atoms in total. The highest BCUT2D eigenvalue weighted by molar-refractivity contribution is 6.32. The minimum absolute atomic E-state index is 0.0815.